The van der Waals surface area contributed by atoms with Crippen LogP contribution in [0.4, 0.5) is 11.4 Å². The highest BCUT2D eigenvalue weighted by Crippen LogP contribution is 2.39. The molecule has 1 atom stereocenters. The smallest absolute Gasteiger partial charge is 0.260 e. The van der Waals surface area contributed by atoms with Gasteiger partial charge < -0.3 is 4.90 Å². The average Bonchev–Trinajstić information content (AvgIpc) is 2.80. The highest BCUT2D eigenvalue weighted by atomic mass is 16.2. The van der Waals surface area contributed by atoms with Gasteiger partial charge in [-0.05, 0) is 30.7 Å². The summed E-state index contributed by atoms with van der Waals surface area (Å²) in [5.74, 6) is -0.101. The van der Waals surface area contributed by atoms with Gasteiger partial charge in [0.25, 0.3) is 5.91 Å². The van der Waals surface area contributed by atoms with Gasteiger partial charge in [-0.15, -0.1) is 0 Å². The van der Waals surface area contributed by atoms with Crippen LogP contribution in [0, 0.1) is 18.3 Å². The average molecular weight is 291 g/mol. The van der Waals surface area contributed by atoms with Gasteiger partial charge in [-0.3, -0.25) is 9.69 Å². The van der Waals surface area contributed by atoms with E-state index in [1.54, 1.807) is 4.90 Å². The minimum Gasteiger partial charge on any atom is -0.378 e. The van der Waals surface area contributed by atoms with E-state index in [9.17, 15) is 10.1 Å². The highest BCUT2D eigenvalue weighted by Gasteiger charge is 2.38. The first-order chi connectivity index (χ1) is 10.5. The molecule has 1 unspecified atom stereocenters. The predicted molar refractivity (Wildman–Crippen MR) is 87.1 cm³/mol. The van der Waals surface area contributed by atoms with Crippen molar-refractivity contribution in [3.63, 3.8) is 0 Å². The lowest BCUT2D eigenvalue weighted by atomic mass is 10.0. The van der Waals surface area contributed by atoms with E-state index in [1.165, 1.54) is 0 Å². The number of carbonyl (C=O) groups is 1. The molecule has 0 aliphatic carbocycles. The van der Waals surface area contributed by atoms with Crippen LogP contribution in [0.2, 0.25) is 0 Å². The van der Waals surface area contributed by atoms with Crippen molar-refractivity contribution in [2.24, 2.45) is 0 Å². The van der Waals surface area contributed by atoms with Crippen molar-refractivity contribution in [1.82, 2.24) is 0 Å². The van der Waals surface area contributed by atoms with Gasteiger partial charge in [0.05, 0.1) is 6.07 Å². The lowest BCUT2D eigenvalue weighted by Crippen LogP contribution is -2.27. The third-order valence-electron chi connectivity index (χ3n) is 4.04. The van der Waals surface area contributed by atoms with E-state index in [1.807, 2.05) is 68.4 Å². The summed E-state index contributed by atoms with van der Waals surface area (Å²) in [5.41, 5.74) is 4.11. The Hall–Kier alpha value is -2.80. The topological polar surface area (TPSA) is 47.3 Å². The largest absolute Gasteiger partial charge is 0.378 e. The molecular formula is C18H17N3O. The monoisotopic (exact) mass is 291 g/mol. The fraction of sp³-hybridized carbons (Fsp3) is 0.222. The van der Waals surface area contributed by atoms with Crippen molar-refractivity contribution in [2.75, 3.05) is 23.9 Å². The summed E-state index contributed by atoms with van der Waals surface area (Å²) in [7, 11) is 3.90. The number of carbonyl (C=O) groups excluding carboxylic acids is 1. The Bertz CT molecular complexity index is 789. The zero-order valence-electron chi connectivity index (χ0n) is 12.9. The van der Waals surface area contributed by atoms with Crippen molar-refractivity contribution in [3.05, 3.63) is 59.2 Å². The van der Waals surface area contributed by atoms with E-state index in [2.05, 4.69) is 6.07 Å². The third kappa shape index (κ3) is 2.03. The number of anilines is 2. The maximum Gasteiger partial charge on any atom is 0.260 e. The molecule has 1 heterocycles. The summed E-state index contributed by atoms with van der Waals surface area (Å²) in [6, 6.07) is 15.1. The van der Waals surface area contributed by atoms with Gasteiger partial charge >= 0.3 is 0 Å². The van der Waals surface area contributed by atoms with Crippen LogP contribution < -0.4 is 9.80 Å². The van der Waals surface area contributed by atoms with Crippen LogP contribution in [0.1, 0.15) is 27.5 Å². The lowest BCUT2D eigenvalue weighted by molar-refractivity contribution is 0.0994. The Kier molecular flexibility index (Phi) is 3.34. The number of aryl methyl sites for hydroxylation is 1. The minimum absolute atomic E-state index is 0.101. The van der Waals surface area contributed by atoms with Crippen LogP contribution in [0.3, 0.4) is 0 Å². The normalized spacial score (nSPS) is 16.4. The lowest BCUT2D eigenvalue weighted by Gasteiger charge is -2.22. The van der Waals surface area contributed by atoms with Crippen LogP contribution >= 0.6 is 0 Å². The summed E-state index contributed by atoms with van der Waals surface area (Å²) in [5, 5.41) is 9.58. The molecule has 0 N–H and O–H groups in total. The molecule has 1 aliphatic heterocycles. The second kappa shape index (κ2) is 5.19. The molecule has 0 saturated heterocycles. The molecule has 110 valence electrons. The number of amides is 1. The summed E-state index contributed by atoms with van der Waals surface area (Å²) in [4.78, 5) is 16.4. The van der Waals surface area contributed by atoms with E-state index in [4.69, 9.17) is 0 Å². The summed E-state index contributed by atoms with van der Waals surface area (Å²) in [6.07, 6.45) is 0. The fourth-order valence-electron chi connectivity index (χ4n) is 2.90. The molecular weight excluding hydrogens is 274 g/mol. The fourth-order valence-corrected chi connectivity index (χ4v) is 2.90. The Morgan fingerprint density at radius 1 is 1.18 bits per heavy atom. The van der Waals surface area contributed by atoms with E-state index in [0.717, 1.165) is 22.5 Å². The zero-order chi connectivity index (χ0) is 15.9. The number of nitriles is 1. The molecule has 0 aromatic heterocycles. The van der Waals surface area contributed by atoms with Gasteiger partial charge in [0.2, 0.25) is 0 Å². The minimum atomic E-state index is -0.570. The molecule has 0 spiro atoms. The molecule has 1 amide bonds. The standard InChI is InChI=1S/C18H17N3O/c1-12-6-4-9-15-16(11-19)21(18(22)17(12)15)14-8-5-7-13(10-14)20(2)3/h4-10,16H,1-3H3. The van der Waals surface area contributed by atoms with Crippen molar-refractivity contribution in [3.8, 4) is 6.07 Å². The molecule has 4 heteroatoms. The van der Waals surface area contributed by atoms with Crippen molar-refractivity contribution in [2.45, 2.75) is 13.0 Å². The number of hydrogen-bond acceptors (Lipinski definition) is 3. The van der Waals surface area contributed by atoms with Crippen LogP contribution in [0.5, 0.6) is 0 Å². The van der Waals surface area contributed by atoms with Crippen LogP contribution in [0.15, 0.2) is 42.5 Å². The summed E-state index contributed by atoms with van der Waals surface area (Å²) >= 11 is 0. The maximum atomic E-state index is 12.8. The first kappa shape index (κ1) is 14.2. The number of rotatable bonds is 2. The molecule has 4 nitrogen and oxygen atoms in total. The van der Waals surface area contributed by atoms with E-state index >= 15 is 0 Å². The molecule has 1 aliphatic rings. The number of hydrogen-bond donors (Lipinski definition) is 0. The van der Waals surface area contributed by atoms with Crippen LogP contribution in [-0.4, -0.2) is 20.0 Å². The highest BCUT2D eigenvalue weighted by molar-refractivity contribution is 6.12. The van der Waals surface area contributed by atoms with Gasteiger partial charge in [-0.2, -0.15) is 5.26 Å². The zero-order valence-corrected chi connectivity index (χ0v) is 12.9. The molecule has 0 fully saturated rings. The van der Waals surface area contributed by atoms with E-state index in [-0.39, 0.29) is 5.91 Å². The van der Waals surface area contributed by atoms with Gasteiger partial charge in [-0.1, -0.05) is 24.3 Å². The van der Waals surface area contributed by atoms with Crippen LogP contribution in [-0.2, 0) is 0 Å². The SMILES string of the molecule is Cc1cccc2c1C(=O)N(c1cccc(N(C)C)c1)C2C#N. The van der Waals surface area contributed by atoms with E-state index in [0.29, 0.717) is 5.56 Å². The number of nitrogens with zero attached hydrogens (tertiary/aromatic N) is 3. The Morgan fingerprint density at radius 3 is 2.59 bits per heavy atom. The molecule has 22 heavy (non-hydrogen) atoms. The van der Waals surface area contributed by atoms with Crippen molar-refractivity contribution >= 4 is 17.3 Å². The Labute approximate surface area is 130 Å². The Morgan fingerprint density at radius 2 is 1.91 bits per heavy atom. The second-order valence-electron chi connectivity index (χ2n) is 5.66. The van der Waals surface area contributed by atoms with Gasteiger partial charge in [0, 0.05) is 36.6 Å². The maximum absolute atomic E-state index is 12.8. The van der Waals surface area contributed by atoms with Crippen molar-refractivity contribution in [1.29, 1.82) is 5.26 Å². The number of benzene rings is 2. The Balaban J connectivity index is 2.13. The van der Waals surface area contributed by atoms with Gasteiger partial charge in [0.1, 0.15) is 0 Å². The third-order valence-corrected chi connectivity index (χ3v) is 4.04. The molecule has 0 saturated carbocycles. The summed E-state index contributed by atoms with van der Waals surface area (Å²) in [6.45, 7) is 1.91. The number of fused-ring (bicyclic) bond motifs is 1. The van der Waals surface area contributed by atoms with Crippen LogP contribution in [0.25, 0.3) is 0 Å². The van der Waals surface area contributed by atoms with Crippen molar-refractivity contribution < 1.29 is 4.79 Å². The molecule has 3 rings (SSSR count). The first-order valence-electron chi connectivity index (χ1n) is 7.14. The molecule has 0 radical (unpaired) electrons. The van der Waals surface area contributed by atoms with Gasteiger partial charge in [0.15, 0.2) is 6.04 Å². The molecule has 2 aromatic rings. The van der Waals surface area contributed by atoms with E-state index < -0.39 is 6.04 Å². The predicted octanol–water partition coefficient (Wildman–Crippen LogP) is 3.29. The second-order valence-corrected chi connectivity index (χ2v) is 5.66. The van der Waals surface area contributed by atoms with Gasteiger partial charge in [-0.25, -0.2) is 0 Å². The molecule has 2 aromatic carbocycles. The quantitative estimate of drug-likeness (QED) is 0.853. The summed E-state index contributed by atoms with van der Waals surface area (Å²) < 4.78 is 0. The molecule has 0 bridgehead atoms. The first-order valence-corrected chi connectivity index (χ1v) is 7.14.